The van der Waals surface area contributed by atoms with E-state index in [-0.39, 0.29) is 34.8 Å². The molecule has 1 amide bonds. The molecule has 1 aromatic heterocycles. The summed E-state index contributed by atoms with van der Waals surface area (Å²) in [5, 5.41) is 11.6. The van der Waals surface area contributed by atoms with Gasteiger partial charge in [-0.2, -0.15) is 5.26 Å². The maximum atomic E-state index is 12.3. The Balaban J connectivity index is 1.49. The van der Waals surface area contributed by atoms with Crippen LogP contribution >= 0.6 is 11.6 Å². The number of hydrogen-bond acceptors (Lipinski definition) is 9. The lowest BCUT2D eigenvalue weighted by molar-refractivity contribution is -0.122. The molecular weight excluding hydrogens is 468 g/mol. The molecule has 2 aliphatic rings. The molecule has 0 atom stereocenters. The van der Waals surface area contributed by atoms with Crippen LogP contribution in [0.4, 0.5) is 11.6 Å². The number of nitrogens with zero attached hydrogens (tertiary/aromatic N) is 5. The van der Waals surface area contributed by atoms with E-state index < -0.39 is 9.84 Å². The summed E-state index contributed by atoms with van der Waals surface area (Å²) in [7, 11) is -3.36. The molecule has 0 unspecified atom stereocenters. The number of ether oxygens (including phenoxy) is 1. The van der Waals surface area contributed by atoms with Crippen molar-refractivity contribution < 1.29 is 17.9 Å². The summed E-state index contributed by atoms with van der Waals surface area (Å²) in [5.41, 5.74) is 3.25. The predicted molar refractivity (Wildman–Crippen MR) is 121 cm³/mol. The summed E-state index contributed by atoms with van der Waals surface area (Å²) < 4.78 is 29.5. The quantitative estimate of drug-likeness (QED) is 0.673. The lowest BCUT2D eigenvalue weighted by Crippen LogP contribution is -2.46. The molecule has 1 N–H and O–H groups in total. The standard InChI is InChI=1S/C21H21ClN6O4S/c1-33(30,31)17-4-2-15(3-5-17)28-18(11-23)19(10-20(29)26-28)32-16-6-8-27(9-7-16)21-24-12-14(22)13-25-21/h2-5,12-13,16H,6-10H2,1H3,(H,26,29). The van der Waals surface area contributed by atoms with Crippen LogP contribution in [0.1, 0.15) is 19.3 Å². The number of carbonyl (C=O) groups is 1. The summed E-state index contributed by atoms with van der Waals surface area (Å²) >= 11 is 5.85. The number of piperidine rings is 1. The van der Waals surface area contributed by atoms with Crippen molar-refractivity contribution in [3.63, 3.8) is 0 Å². The summed E-state index contributed by atoms with van der Waals surface area (Å²) in [6.07, 6.45) is 5.32. The van der Waals surface area contributed by atoms with Gasteiger partial charge in [-0.05, 0) is 24.3 Å². The Kier molecular flexibility index (Phi) is 6.40. The van der Waals surface area contributed by atoms with Crippen molar-refractivity contribution in [2.45, 2.75) is 30.3 Å². The highest BCUT2D eigenvalue weighted by molar-refractivity contribution is 7.90. The molecule has 0 bridgehead atoms. The Labute approximate surface area is 196 Å². The molecule has 2 aliphatic heterocycles. The van der Waals surface area contributed by atoms with Gasteiger partial charge in [-0.1, -0.05) is 11.6 Å². The van der Waals surface area contributed by atoms with Crippen molar-refractivity contribution in [1.29, 1.82) is 5.26 Å². The number of halogens is 1. The van der Waals surface area contributed by atoms with Crippen LogP contribution in [0.25, 0.3) is 0 Å². The smallest absolute Gasteiger partial charge is 0.246 e. The van der Waals surface area contributed by atoms with Crippen molar-refractivity contribution in [2.24, 2.45) is 0 Å². The van der Waals surface area contributed by atoms with E-state index in [9.17, 15) is 18.5 Å². The predicted octanol–water partition coefficient (Wildman–Crippen LogP) is 2.20. The molecule has 0 aliphatic carbocycles. The number of nitriles is 1. The van der Waals surface area contributed by atoms with Crippen LogP contribution < -0.4 is 15.3 Å². The fraction of sp³-hybridized carbons (Fsp3) is 0.333. The number of amides is 1. The Hall–Kier alpha value is -3.36. The fourth-order valence-electron chi connectivity index (χ4n) is 3.66. The number of rotatable bonds is 5. The topological polar surface area (TPSA) is 129 Å². The number of aromatic nitrogens is 2. The van der Waals surface area contributed by atoms with Gasteiger partial charge in [-0.25, -0.2) is 23.4 Å². The van der Waals surface area contributed by atoms with E-state index in [2.05, 4.69) is 21.5 Å². The van der Waals surface area contributed by atoms with Crippen molar-refractivity contribution in [2.75, 3.05) is 29.3 Å². The first kappa shape index (κ1) is 22.8. The van der Waals surface area contributed by atoms with Gasteiger partial charge >= 0.3 is 0 Å². The van der Waals surface area contributed by atoms with Gasteiger partial charge in [0.25, 0.3) is 0 Å². The minimum atomic E-state index is -3.36. The Bertz CT molecular complexity index is 1220. The van der Waals surface area contributed by atoms with Gasteiger partial charge in [0.15, 0.2) is 15.5 Å². The number of allylic oxidation sites excluding steroid dienone is 1. The summed E-state index contributed by atoms with van der Waals surface area (Å²) in [6, 6.07) is 8.01. The third kappa shape index (κ3) is 5.18. The Morgan fingerprint density at radius 2 is 1.82 bits per heavy atom. The van der Waals surface area contributed by atoms with Gasteiger partial charge < -0.3 is 9.64 Å². The zero-order valence-electron chi connectivity index (χ0n) is 17.7. The molecule has 0 saturated carbocycles. The zero-order valence-corrected chi connectivity index (χ0v) is 19.3. The van der Waals surface area contributed by atoms with Gasteiger partial charge in [0.2, 0.25) is 11.9 Å². The molecule has 1 fully saturated rings. The second kappa shape index (κ2) is 9.25. The van der Waals surface area contributed by atoms with E-state index in [4.69, 9.17) is 16.3 Å². The molecule has 0 radical (unpaired) electrons. The van der Waals surface area contributed by atoms with Crippen LogP contribution in [0.2, 0.25) is 5.02 Å². The molecule has 172 valence electrons. The molecule has 10 nitrogen and oxygen atoms in total. The van der Waals surface area contributed by atoms with Crippen LogP contribution in [-0.4, -0.2) is 49.7 Å². The van der Waals surface area contributed by atoms with Crippen LogP contribution in [0.5, 0.6) is 0 Å². The van der Waals surface area contributed by atoms with E-state index in [1.54, 1.807) is 12.4 Å². The number of nitrogens with one attached hydrogen (secondary N) is 1. The lowest BCUT2D eigenvalue weighted by atomic mass is 10.1. The molecule has 3 heterocycles. The Morgan fingerprint density at radius 3 is 2.39 bits per heavy atom. The van der Waals surface area contributed by atoms with Gasteiger partial charge in [0.1, 0.15) is 17.9 Å². The van der Waals surface area contributed by atoms with Crippen LogP contribution in [0.15, 0.2) is 53.0 Å². The third-order valence-electron chi connectivity index (χ3n) is 5.31. The van der Waals surface area contributed by atoms with E-state index in [1.165, 1.54) is 29.3 Å². The minimum Gasteiger partial charge on any atom is -0.491 e. The number of carbonyl (C=O) groups excluding carboxylic acids is 1. The number of anilines is 2. The highest BCUT2D eigenvalue weighted by atomic mass is 35.5. The van der Waals surface area contributed by atoms with Crippen LogP contribution in [0.3, 0.4) is 0 Å². The summed E-state index contributed by atoms with van der Waals surface area (Å²) in [5.74, 6) is 0.549. The maximum absolute atomic E-state index is 12.3. The van der Waals surface area contributed by atoms with E-state index in [0.29, 0.717) is 42.6 Å². The van der Waals surface area contributed by atoms with Gasteiger partial charge in [-0.15, -0.1) is 0 Å². The molecule has 0 spiro atoms. The molecule has 4 rings (SSSR count). The molecular formula is C21H21ClN6O4S. The highest BCUT2D eigenvalue weighted by Gasteiger charge is 2.31. The van der Waals surface area contributed by atoms with Crippen LogP contribution in [0, 0.1) is 11.3 Å². The normalized spacial score (nSPS) is 17.5. The largest absolute Gasteiger partial charge is 0.491 e. The second-order valence-electron chi connectivity index (χ2n) is 7.70. The molecule has 12 heteroatoms. The van der Waals surface area contributed by atoms with Crippen molar-refractivity contribution in [1.82, 2.24) is 15.4 Å². The van der Waals surface area contributed by atoms with Gasteiger partial charge in [0.05, 0.1) is 34.4 Å². The number of benzene rings is 1. The fourth-order valence-corrected chi connectivity index (χ4v) is 4.39. The lowest BCUT2D eigenvalue weighted by Gasteiger charge is -2.35. The van der Waals surface area contributed by atoms with Crippen molar-refractivity contribution in [3.8, 4) is 6.07 Å². The number of hydrazine groups is 1. The van der Waals surface area contributed by atoms with E-state index >= 15 is 0 Å². The summed E-state index contributed by atoms with van der Waals surface area (Å²) in [4.78, 5) is 23.0. The molecule has 33 heavy (non-hydrogen) atoms. The molecule has 1 aromatic carbocycles. The molecule has 1 saturated heterocycles. The number of hydrogen-bond donors (Lipinski definition) is 1. The first-order chi connectivity index (χ1) is 15.7. The average molecular weight is 489 g/mol. The minimum absolute atomic E-state index is 0.0542. The Morgan fingerprint density at radius 1 is 1.18 bits per heavy atom. The van der Waals surface area contributed by atoms with E-state index in [0.717, 1.165) is 6.26 Å². The van der Waals surface area contributed by atoms with Gasteiger partial charge in [0, 0.05) is 32.2 Å². The van der Waals surface area contributed by atoms with Gasteiger partial charge in [-0.3, -0.25) is 10.2 Å². The first-order valence-corrected chi connectivity index (χ1v) is 12.4. The summed E-state index contributed by atoms with van der Waals surface area (Å²) in [6.45, 7) is 1.31. The SMILES string of the molecule is CS(=O)(=O)c1ccc(N2NC(=O)CC(OC3CCN(c4ncc(Cl)cn4)CC3)=C2C#N)cc1. The first-order valence-electron chi connectivity index (χ1n) is 10.2. The van der Waals surface area contributed by atoms with E-state index in [1.807, 2.05) is 4.90 Å². The molecule has 2 aromatic rings. The highest BCUT2D eigenvalue weighted by Crippen LogP contribution is 2.29. The monoisotopic (exact) mass is 488 g/mol. The maximum Gasteiger partial charge on any atom is 0.246 e. The number of sulfone groups is 1. The van der Waals surface area contributed by atoms with Crippen LogP contribution in [-0.2, 0) is 19.4 Å². The van der Waals surface area contributed by atoms with Crippen molar-refractivity contribution in [3.05, 3.63) is 53.1 Å². The zero-order chi connectivity index (χ0) is 23.6. The third-order valence-corrected chi connectivity index (χ3v) is 6.64. The second-order valence-corrected chi connectivity index (χ2v) is 10.2. The average Bonchev–Trinajstić information content (AvgIpc) is 2.79. The van der Waals surface area contributed by atoms with Crippen molar-refractivity contribution >= 4 is 39.0 Å².